The summed E-state index contributed by atoms with van der Waals surface area (Å²) in [5.74, 6) is 2.16. The predicted molar refractivity (Wildman–Crippen MR) is 214 cm³/mol. The van der Waals surface area contributed by atoms with Crippen LogP contribution in [0.4, 0.5) is 11.4 Å². The second kappa shape index (κ2) is 23.8. The van der Waals surface area contributed by atoms with E-state index in [0.717, 1.165) is 11.1 Å². The zero-order valence-electron chi connectivity index (χ0n) is 30.1. The summed E-state index contributed by atoms with van der Waals surface area (Å²) in [6.07, 6.45) is 0. The lowest BCUT2D eigenvalue weighted by Gasteiger charge is -2.20. The van der Waals surface area contributed by atoms with E-state index in [2.05, 4.69) is 61.9 Å². The second-order valence-corrected chi connectivity index (χ2v) is 16.8. The van der Waals surface area contributed by atoms with Crippen molar-refractivity contribution in [2.45, 2.75) is 56.7 Å². The highest BCUT2D eigenvalue weighted by Gasteiger charge is 2.17. The largest absolute Gasteiger partial charge is 0.457 e. The minimum Gasteiger partial charge on any atom is -0.457 e. The van der Waals surface area contributed by atoms with Crippen LogP contribution in [0.3, 0.4) is 0 Å². The van der Waals surface area contributed by atoms with Gasteiger partial charge in [-0.15, -0.1) is 12.6 Å². The lowest BCUT2D eigenvalue weighted by molar-refractivity contribution is 0.477. The van der Waals surface area contributed by atoms with E-state index >= 15 is 0 Å². The summed E-state index contributed by atoms with van der Waals surface area (Å²) < 4.78 is 61.4. The van der Waals surface area contributed by atoms with Gasteiger partial charge in [-0.3, -0.25) is 4.55 Å². The predicted octanol–water partition coefficient (Wildman–Crippen LogP) is 11.4. The highest BCUT2D eigenvalue weighted by Crippen LogP contribution is 2.35. The summed E-state index contributed by atoms with van der Waals surface area (Å²) in [4.78, 5) is 6.70. The average Bonchev–Trinajstić information content (AvgIpc) is 3.06. The molecule has 4 rings (SSSR count). The maximum absolute atomic E-state index is 9.22. The Hall–Kier alpha value is -4.87. The number of benzene rings is 4. The van der Waals surface area contributed by atoms with Crippen LogP contribution in [0.5, 0.6) is 23.0 Å². The van der Waals surface area contributed by atoms with Gasteiger partial charge in [-0.1, -0.05) is 125 Å². The molecular weight excluding hydrogens is 834 g/mol. The Labute approximate surface area is 342 Å². The molecule has 0 aliphatic rings. The SMILES string of the molecule is ClC(Cl)Cl.O=S(=O)(O)Cl.O=S(=O)=O.[C-]#[N+]c1cccc(Oc2cccc(C(C)(C)C)c2)c1C#N.[C-]#[N+]c1cccc(Oc2cccc(C(C)(C)C)c2)c1C#N. The van der Waals surface area contributed by atoms with E-state index in [-0.39, 0.29) is 22.0 Å². The Morgan fingerprint density at radius 3 is 1.20 bits per heavy atom. The van der Waals surface area contributed by atoms with Crippen LogP contribution in [0.15, 0.2) is 84.9 Å². The van der Waals surface area contributed by atoms with Crippen LogP contribution in [0.2, 0.25) is 0 Å². The minimum absolute atomic E-state index is 0.0236. The van der Waals surface area contributed by atoms with Crippen molar-refractivity contribution in [3.63, 3.8) is 0 Å². The van der Waals surface area contributed by atoms with E-state index in [4.69, 9.17) is 83.0 Å². The van der Waals surface area contributed by atoms with E-state index < -0.39 is 24.2 Å². The number of alkyl halides is 3. The normalized spacial score (nSPS) is 10.2. The van der Waals surface area contributed by atoms with Crippen molar-refractivity contribution < 1.29 is 35.1 Å². The Morgan fingerprint density at radius 1 is 0.691 bits per heavy atom. The third-order valence-corrected chi connectivity index (χ3v) is 6.33. The first-order valence-corrected chi connectivity index (χ1v) is 19.7. The van der Waals surface area contributed by atoms with Gasteiger partial charge in [0.1, 0.15) is 34.1 Å². The molecule has 18 heteroatoms. The molecule has 4 aromatic rings. The number of rotatable bonds is 4. The van der Waals surface area contributed by atoms with Crippen molar-refractivity contribution in [3.8, 4) is 35.1 Å². The summed E-state index contributed by atoms with van der Waals surface area (Å²) in [6.45, 7) is 27.0. The van der Waals surface area contributed by atoms with Gasteiger partial charge in [0.2, 0.25) is 11.4 Å². The van der Waals surface area contributed by atoms with E-state index in [1.165, 1.54) is 0 Å². The van der Waals surface area contributed by atoms with Gasteiger partial charge in [-0.2, -0.15) is 18.9 Å². The third kappa shape index (κ3) is 21.6. The number of nitrogens with zero attached hydrogens (tertiary/aromatic N) is 4. The van der Waals surface area contributed by atoms with Gasteiger partial charge in [-0.05, 0) is 58.4 Å². The molecule has 0 aliphatic heterocycles. The summed E-state index contributed by atoms with van der Waals surface area (Å²) >= 11 is 14.4. The third-order valence-electron chi connectivity index (χ3n) is 6.33. The Morgan fingerprint density at radius 2 is 0.964 bits per heavy atom. The molecule has 290 valence electrons. The molecular formula is C37H34Cl4N4O8S2. The fourth-order valence-corrected chi connectivity index (χ4v) is 3.93. The van der Waals surface area contributed by atoms with Crippen LogP contribution >= 0.6 is 45.5 Å². The molecule has 0 atom stereocenters. The maximum atomic E-state index is 9.22. The average molecular weight is 869 g/mol. The topological polar surface area (TPSA) is 180 Å². The molecule has 4 aromatic carbocycles. The van der Waals surface area contributed by atoms with Crippen molar-refractivity contribution in [2.24, 2.45) is 0 Å². The van der Waals surface area contributed by atoms with E-state index in [0.29, 0.717) is 34.4 Å². The molecule has 0 aromatic heterocycles. The van der Waals surface area contributed by atoms with Gasteiger partial charge < -0.3 is 9.47 Å². The number of ether oxygens (including phenoxy) is 2. The Balaban J connectivity index is 0.000000806. The van der Waals surface area contributed by atoms with Crippen LogP contribution in [-0.2, 0) is 30.8 Å². The number of nitriles is 2. The fourth-order valence-electron chi connectivity index (χ4n) is 3.93. The van der Waals surface area contributed by atoms with Gasteiger partial charge in [-0.25, -0.2) is 9.69 Å². The summed E-state index contributed by atoms with van der Waals surface area (Å²) in [5.41, 5.74) is 3.51. The van der Waals surface area contributed by atoms with Crippen molar-refractivity contribution in [3.05, 3.63) is 130 Å². The maximum Gasteiger partial charge on any atom is 0.425 e. The first-order chi connectivity index (χ1) is 25.4. The highest BCUT2D eigenvalue weighted by atomic mass is 35.7. The summed E-state index contributed by atoms with van der Waals surface area (Å²) in [6, 6.07) is 29.7. The van der Waals surface area contributed by atoms with Crippen molar-refractivity contribution >= 4 is 76.8 Å². The van der Waals surface area contributed by atoms with Crippen LogP contribution in [0.1, 0.15) is 63.8 Å². The zero-order chi connectivity index (χ0) is 42.6. The second-order valence-electron chi connectivity index (χ2n) is 12.4. The molecule has 0 spiro atoms. The lowest BCUT2D eigenvalue weighted by Crippen LogP contribution is -2.10. The molecule has 0 saturated carbocycles. The minimum atomic E-state index is -4.19. The number of halogens is 4. The summed E-state index contributed by atoms with van der Waals surface area (Å²) in [7, 11) is -3.25. The van der Waals surface area contributed by atoms with Crippen LogP contribution in [0.25, 0.3) is 9.69 Å². The molecule has 0 aliphatic carbocycles. The van der Waals surface area contributed by atoms with Gasteiger partial charge in [0.05, 0.1) is 25.3 Å². The van der Waals surface area contributed by atoms with E-state index in [9.17, 15) is 10.5 Å². The monoisotopic (exact) mass is 866 g/mol. The van der Waals surface area contributed by atoms with Gasteiger partial charge in [0, 0.05) is 10.7 Å². The molecule has 0 radical (unpaired) electrons. The molecule has 0 amide bonds. The molecule has 55 heavy (non-hydrogen) atoms. The Bertz CT molecular complexity index is 2150. The molecule has 0 bridgehead atoms. The number of hydrogen-bond acceptors (Lipinski definition) is 9. The first kappa shape index (κ1) is 50.1. The summed E-state index contributed by atoms with van der Waals surface area (Å²) in [5, 5.41) is 18.4. The molecule has 0 heterocycles. The standard InChI is InChI=1S/2C18H16N2O.CHCl3.ClHO3S.O3S/c2*1-18(2,3)13-7-5-8-14(11-13)21-17-10-6-9-16(20-4)15(17)12-19;2-1(3)4;1-5(2,3)4;1-4(2)3/h2*5-11H,1-3H3;1H;(H,2,3,4);. The zero-order valence-corrected chi connectivity index (χ0v) is 34.7. The van der Waals surface area contributed by atoms with E-state index in [1.807, 2.05) is 60.7 Å². The van der Waals surface area contributed by atoms with E-state index in [1.54, 1.807) is 36.4 Å². The molecule has 0 saturated heterocycles. The molecule has 0 fully saturated rings. The van der Waals surface area contributed by atoms with Crippen molar-refractivity contribution in [1.29, 1.82) is 10.5 Å². The number of hydrogen-bond donors (Lipinski definition) is 1. The molecule has 1 N–H and O–H groups in total. The van der Waals surface area contributed by atoms with Crippen molar-refractivity contribution in [1.82, 2.24) is 0 Å². The van der Waals surface area contributed by atoms with Gasteiger partial charge in [0.15, 0.2) is 4.30 Å². The lowest BCUT2D eigenvalue weighted by atomic mass is 9.87. The van der Waals surface area contributed by atoms with Gasteiger partial charge in [0.25, 0.3) is 0 Å². The molecule has 12 nitrogen and oxygen atoms in total. The molecule has 0 unspecified atom stereocenters. The van der Waals surface area contributed by atoms with Crippen molar-refractivity contribution in [2.75, 3.05) is 0 Å². The fraction of sp³-hybridized carbons (Fsp3) is 0.243. The Kier molecular flexibility index (Phi) is 21.7. The first-order valence-electron chi connectivity index (χ1n) is 15.1. The van der Waals surface area contributed by atoms with Crippen LogP contribution in [0, 0.1) is 35.8 Å². The van der Waals surface area contributed by atoms with Gasteiger partial charge >= 0.3 is 19.9 Å². The van der Waals surface area contributed by atoms with Crippen LogP contribution < -0.4 is 9.47 Å². The highest BCUT2D eigenvalue weighted by molar-refractivity contribution is 8.09. The van der Waals surface area contributed by atoms with Crippen LogP contribution in [-0.4, -0.2) is 29.9 Å². The quantitative estimate of drug-likeness (QED) is 0.0897. The smallest absolute Gasteiger partial charge is 0.425 e.